The Labute approximate surface area is 111 Å². The van der Waals surface area contributed by atoms with Crippen molar-refractivity contribution in [2.75, 3.05) is 19.6 Å². The number of nitrogens with zero attached hydrogens (tertiary/aromatic N) is 1. The van der Waals surface area contributed by atoms with Gasteiger partial charge < -0.3 is 10.2 Å². The number of halogens is 3. The number of carbonyl (C=O) groups excluding carboxylic acids is 1. The summed E-state index contributed by atoms with van der Waals surface area (Å²) < 4.78 is 37.5. The van der Waals surface area contributed by atoms with Crippen LogP contribution in [0.4, 0.5) is 13.2 Å². The summed E-state index contributed by atoms with van der Waals surface area (Å²) in [6.07, 6.45) is 0.563. The minimum Gasteiger partial charge on any atom is -0.342 e. The molecule has 2 rings (SSSR count). The zero-order chi connectivity index (χ0) is 13.9. The maximum absolute atomic E-state index is 12.5. The highest BCUT2D eigenvalue weighted by atomic mass is 19.4. The molecule has 1 aliphatic heterocycles. The summed E-state index contributed by atoms with van der Waals surface area (Å²) in [5.41, 5.74) is 0. The fourth-order valence-electron chi connectivity index (χ4n) is 2.93. The van der Waals surface area contributed by atoms with Gasteiger partial charge in [0.2, 0.25) is 5.91 Å². The Bertz CT molecular complexity index is 306. The average Bonchev–Trinajstić information content (AvgIpc) is 2.88. The third-order valence-electron chi connectivity index (χ3n) is 4.21. The molecule has 19 heavy (non-hydrogen) atoms. The van der Waals surface area contributed by atoms with Gasteiger partial charge in [0.25, 0.3) is 0 Å². The highest BCUT2D eigenvalue weighted by Gasteiger charge is 2.41. The van der Waals surface area contributed by atoms with Crippen molar-refractivity contribution >= 4 is 5.91 Å². The fraction of sp³-hybridized carbons (Fsp3) is 0.923. The first-order valence-corrected chi connectivity index (χ1v) is 7.04. The molecule has 1 amide bonds. The molecule has 1 N–H and O–H groups in total. The van der Waals surface area contributed by atoms with Crippen molar-refractivity contribution < 1.29 is 18.0 Å². The van der Waals surface area contributed by atoms with Gasteiger partial charge in [-0.3, -0.25) is 4.79 Å². The van der Waals surface area contributed by atoms with Crippen molar-refractivity contribution in [2.24, 2.45) is 5.92 Å². The molecule has 1 saturated heterocycles. The molecule has 2 fully saturated rings. The summed E-state index contributed by atoms with van der Waals surface area (Å²) >= 11 is 0. The number of amides is 1. The monoisotopic (exact) mass is 278 g/mol. The third-order valence-corrected chi connectivity index (χ3v) is 4.21. The zero-order valence-electron chi connectivity index (χ0n) is 11.0. The van der Waals surface area contributed by atoms with Crippen LogP contribution in [0, 0.1) is 5.92 Å². The van der Waals surface area contributed by atoms with Crippen molar-refractivity contribution in [3.05, 3.63) is 0 Å². The summed E-state index contributed by atoms with van der Waals surface area (Å²) in [5.74, 6) is -1.30. The van der Waals surface area contributed by atoms with E-state index in [1.54, 1.807) is 4.90 Å². The second kappa shape index (κ2) is 6.11. The van der Waals surface area contributed by atoms with Crippen LogP contribution >= 0.6 is 0 Å². The van der Waals surface area contributed by atoms with Crippen molar-refractivity contribution in [3.63, 3.8) is 0 Å². The Morgan fingerprint density at radius 2 is 1.68 bits per heavy atom. The number of alkyl halides is 3. The molecule has 0 spiro atoms. The lowest BCUT2D eigenvalue weighted by Crippen LogP contribution is -2.46. The molecule has 0 radical (unpaired) electrons. The summed E-state index contributed by atoms with van der Waals surface area (Å²) in [6, 6.07) is 0.414. The van der Waals surface area contributed by atoms with Gasteiger partial charge in [0.1, 0.15) is 0 Å². The van der Waals surface area contributed by atoms with E-state index >= 15 is 0 Å². The average molecular weight is 278 g/mol. The smallest absolute Gasteiger partial charge is 0.342 e. The largest absolute Gasteiger partial charge is 0.391 e. The zero-order valence-corrected chi connectivity index (χ0v) is 11.0. The predicted octanol–water partition coefficient (Wildman–Crippen LogP) is 2.32. The lowest BCUT2D eigenvalue weighted by molar-refractivity contribution is -0.186. The van der Waals surface area contributed by atoms with E-state index in [9.17, 15) is 18.0 Å². The van der Waals surface area contributed by atoms with Gasteiger partial charge in [0.15, 0.2) is 0 Å². The van der Waals surface area contributed by atoms with Gasteiger partial charge in [0, 0.05) is 19.1 Å². The molecule has 0 aromatic heterocycles. The maximum Gasteiger partial charge on any atom is 0.391 e. The molecule has 0 atom stereocenters. The van der Waals surface area contributed by atoms with Crippen LogP contribution in [0.15, 0.2) is 0 Å². The van der Waals surface area contributed by atoms with Gasteiger partial charge in [-0.25, -0.2) is 0 Å². The summed E-state index contributed by atoms with van der Waals surface area (Å²) in [7, 11) is 0. The van der Waals surface area contributed by atoms with E-state index in [1.807, 2.05) is 0 Å². The predicted molar refractivity (Wildman–Crippen MR) is 65.6 cm³/mol. The third kappa shape index (κ3) is 4.09. The van der Waals surface area contributed by atoms with Crippen LogP contribution in [0.3, 0.4) is 0 Å². The summed E-state index contributed by atoms with van der Waals surface area (Å²) in [5, 5.41) is 3.21. The van der Waals surface area contributed by atoms with Gasteiger partial charge in [-0.05, 0) is 25.7 Å². The number of nitrogens with one attached hydrogen (secondary N) is 1. The first-order valence-electron chi connectivity index (χ1n) is 7.04. The van der Waals surface area contributed by atoms with Gasteiger partial charge in [-0.15, -0.1) is 0 Å². The molecule has 1 aliphatic carbocycles. The molecule has 0 unspecified atom stereocenters. The van der Waals surface area contributed by atoms with Crippen LogP contribution in [0.5, 0.6) is 0 Å². The fourth-order valence-corrected chi connectivity index (χ4v) is 2.93. The highest BCUT2D eigenvalue weighted by Crippen LogP contribution is 2.34. The first kappa shape index (κ1) is 14.6. The molecular formula is C13H21F3N2O. The SMILES string of the molecule is O=C(CNC1CCCC1)N1CCC(C(F)(F)F)CC1. The minimum atomic E-state index is -4.11. The van der Waals surface area contributed by atoms with Crippen molar-refractivity contribution in [3.8, 4) is 0 Å². The second-order valence-corrected chi connectivity index (χ2v) is 5.56. The molecule has 0 aromatic carbocycles. The first-order chi connectivity index (χ1) is 8.97. The molecule has 1 saturated carbocycles. The van der Waals surface area contributed by atoms with E-state index in [1.165, 1.54) is 12.8 Å². The van der Waals surface area contributed by atoms with Crippen LogP contribution in [-0.2, 0) is 4.79 Å². The Morgan fingerprint density at radius 3 is 2.21 bits per heavy atom. The standard InChI is InChI=1S/C13H21F3N2O/c14-13(15,16)10-5-7-18(8-6-10)12(19)9-17-11-3-1-2-4-11/h10-11,17H,1-9H2. The van der Waals surface area contributed by atoms with E-state index in [0.29, 0.717) is 6.04 Å². The van der Waals surface area contributed by atoms with E-state index in [0.717, 1.165) is 12.8 Å². The number of rotatable bonds is 3. The number of likely N-dealkylation sites (tertiary alicyclic amines) is 1. The Balaban J connectivity index is 1.70. The van der Waals surface area contributed by atoms with E-state index in [2.05, 4.69) is 5.32 Å². The lowest BCUT2D eigenvalue weighted by atomic mass is 9.96. The van der Waals surface area contributed by atoms with Crippen molar-refractivity contribution in [2.45, 2.75) is 50.7 Å². The normalized spacial score (nSPS) is 23.0. The summed E-state index contributed by atoms with van der Waals surface area (Å²) in [6.45, 7) is 0.728. The topological polar surface area (TPSA) is 32.3 Å². The number of hydrogen-bond donors (Lipinski definition) is 1. The van der Waals surface area contributed by atoms with E-state index < -0.39 is 12.1 Å². The van der Waals surface area contributed by atoms with Crippen molar-refractivity contribution in [1.82, 2.24) is 10.2 Å². The second-order valence-electron chi connectivity index (χ2n) is 5.56. The van der Waals surface area contributed by atoms with E-state index in [4.69, 9.17) is 0 Å². The minimum absolute atomic E-state index is 0.0403. The number of hydrogen-bond acceptors (Lipinski definition) is 2. The Kier molecular flexibility index (Phi) is 4.71. The van der Waals surface area contributed by atoms with Gasteiger partial charge in [-0.2, -0.15) is 13.2 Å². The van der Waals surface area contributed by atoms with Crippen LogP contribution < -0.4 is 5.32 Å². The molecule has 1 heterocycles. The lowest BCUT2D eigenvalue weighted by Gasteiger charge is -2.33. The van der Waals surface area contributed by atoms with Gasteiger partial charge in [0.05, 0.1) is 12.5 Å². The van der Waals surface area contributed by atoms with Crippen LogP contribution in [0.1, 0.15) is 38.5 Å². The molecule has 0 aromatic rings. The van der Waals surface area contributed by atoms with Gasteiger partial charge in [-0.1, -0.05) is 12.8 Å². The molecular weight excluding hydrogens is 257 g/mol. The molecule has 3 nitrogen and oxygen atoms in total. The van der Waals surface area contributed by atoms with Crippen LogP contribution in [0.25, 0.3) is 0 Å². The van der Waals surface area contributed by atoms with Crippen LogP contribution in [-0.4, -0.2) is 42.7 Å². The maximum atomic E-state index is 12.5. The number of carbonyl (C=O) groups is 1. The molecule has 2 aliphatic rings. The quantitative estimate of drug-likeness (QED) is 0.859. The van der Waals surface area contributed by atoms with Crippen molar-refractivity contribution in [1.29, 1.82) is 0 Å². The molecule has 0 bridgehead atoms. The Morgan fingerprint density at radius 1 is 1.11 bits per heavy atom. The van der Waals surface area contributed by atoms with Gasteiger partial charge >= 0.3 is 6.18 Å². The molecule has 6 heteroatoms. The Hall–Kier alpha value is -0.780. The highest BCUT2D eigenvalue weighted by molar-refractivity contribution is 5.78. The number of piperidine rings is 1. The molecule has 110 valence electrons. The van der Waals surface area contributed by atoms with E-state index in [-0.39, 0.29) is 38.4 Å². The summed E-state index contributed by atoms with van der Waals surface area (Å²) in [4.78, 5) is 13.5. The van der Waals surface area contributed by atoms with Crippen LogP contribution in [0.2, 0.25) is 0 Å².